The lowest BCUT2D eigenvalue weighted by molar-refractivity contribution is 1.17. The van der Waals surface area contributed by atoms with Gasteiger partial charge in [0, 0.05) is 32.9 Å². The summed E-state index contributed by atoms with van der Waals surface area (Å²) >= 11 is 0. The van der Waals surface area contributed by atoms with Crippen molar-refractivity contribution in [2.75, 3.05) is 0 Å². The van der Waals surface area contributed by atoms with Crippen LogP contribution in [0.2, 0.25) is 0 Å². The van der Waals surface area contributed by atoms with Crippen molar-refractivity contribution in [2.24, 2.45) is 0 Å². The highest BCUT2D eigenvalue weighted by Crippen LogP contribution is 2.42. The molecule has 0 N–H and O–H groups in total. The molecule has 2 heteroatoms. The number of para-hydroxylation sites is 2. The highest BCUT2D eigenvalue weighted by Gasteiger charge is 2.20. The third-order valence-electron chi connectivity index (χ3n) is 8.82. The van der Waals surface area contributed by atoms with E-state index in [0.717, 1.165) is 27.8 Å². The second kappa shape index (κ2) is 11.5. The molecular formula is C48H32N2. The predicted molar refractivity (Wildman–Crippen MR) is 211 cm³/mol. The van der Waals surface area contributed by atoms with Gasteiger partial charge in [-0.05, 0) is 87.8 Å². The summed E-state index contributed by atoms with van der Waals surface area (Å²) in [6, 6.07) is 16.2. The van der Waals surface area contributed by atoms with Crippen LogP contribution in [0.25, 0.3) is 88.4 Å². The topological polar surface area (TPSA) is 9.86 Å². The lowest BCUT2D eigenvalue weighted by Crippen LogP contribution is -1.95. The Morgan fingerprint density at radius 3 is 1.48 bits per heavy atom. The fourth-order valence-corrected chi connectivity index (χ4v) is 6.59. The van der Waals surface area contributed by atoms with E-state index >= 15 is 0 Å². The van der Waals surface area contributed by atoms with Crippen molar-refractivity contribution in [2.45, 2.75) is 0 Å². The average molecular weight is 654 g/mol. The highest BCUT2D eigenvalue weighted by molar-refractivity contribution is 6.28. The predicted octanol–water partition coefficient (Wildman–Crippen LogP) is 12.9. The number of fused-ring (bicyclic) bond motifs is 7. The van der Waals surface area contributed by atoms with E-state index in [4.69, 9.17) is 11.0 Å². The summed E-state index contributed by atoms with van der Waals surface area (Å²) in [7, 11) is 0. The summed E-state index contributed by atoms with van der Waals surface area (Å²) < 4.78 is 158. The zero-order chi connectivity index (χ0) is 47.8. The van der Waals surface area contributed by atoms with Crippen molar-refractivity contribution in [1.29, 1.82) is 0 Å². The van der Waals surface area contributed by atoms with E-state index in [1.54, 1.807) is 24.3 Å². The van der Waals surface area contributed by atoms with Gasteiger partial charge in [-0.25, -0.2) is 0 Å². The largest absolute Gasteiger partial charge is 0.309 e. The normalized spacial score (nSPS) is 16.4. The number of benzene rings is 8. The maximum atomic E-state index is 9.79. The number of hydrogen-bond acceptors (Lipinski definition) is 0. The number of hydrogen-bond donors (Lipinski definition) is 0. The van der Waals surface area contributed by atoms with Gasteiger partial charge in [-0.3, -0.25) is 0 Å². The SMILES string of the molecule is [2H]c1ccc(-c2c([2H])cc([2H])c(-c3c([2H])cc([2H])c(-n4c5c([2H])c([2H])c([2H])c([2H])c5c5c6c7c([2H])c([2H])c([2H])c([2H])c7n(-c7ccc(-c8ccccc8)cc7)c6c([2H])c([2H])c54)c3[2H])c2[2H])cc1. The lowest BCUT2D eigenvalue weighted by Gasteiger charge is -2.12. The Hall–Kier alpha value is -6.64. The Morgan fingerprint density at radius 2 is 0.820 bits per heavy atom. The lowest BCUT2D eigenvalue weighted by atomic mass is 9.99. The van der Waals surface area contributed by atoms with Crippen LogP contribution < -0.4 is 0 Å². The highest BCUT2D eigenvalue weighted by atomic mass is 15.0. The smallest absolute Gasteiger partial charge is 0.0651 e. The minimum atomic E-state index is -0.718. The van der Waals surface area contributed by atoms with Crippen molar-refractivity contribution in [1.82, 2.24) is 9.13 Å². The molecule has 0 aliphatic heterocycles. The van der Waals surface area contributed by atoms with Gasteiger partial charge in [0.05, 0.1) is 45.4 Å². The van der Waals surface area contributed by atoms with Gasteiger partial charge in [0.2, 0.25) is 0 Å². The molecule has 0 unspecified atom stereocenters. The first-order valence-electron chi connectivity index (χ1n) is 24.3. The standard InChI is InChI=1S/C48H32N2/c1-3-13-33(14-4-1)35-25-27-39(28-26-35)49-43-23-9-7-21-41(43)47-45(49)29-30-46-48(47)42-22-8-10-24-44(42)50(46)40-20-12-19-38(32-40)37-18-11-17-36(31-37)34-15-5-2-6-16-34/h1-32H/i2D,7D,8D,9D,10D,17D,18D,19D,20D,21D,22D,23D,24D,29D,30D,31D,32D. The minimum absolute atomic E-state index is 0.0395. The summed E-state index contributed by atoms with van der Waals surface area (Å²) in [6.45, 7) is 0. The fraction of sp³-hybridized carbons (Fsp3) is 0. The molecule has 0 amide bonds. The molecular weight excluding hydrogens is 605 g/mol. The van der Waals surface area contributed by atoms with Gasteiger partial charge in [-0.1, -0.05) is 139 Å². The van der Waals surface area contributed by atoms with Crippen LogP contribution in [-0.2, 0) is 0 Å². The monoisotopic (exact) mass is 653 g/mol. The molecule has 234 valence electrons. The Labute approximate surface area is 314 Å². The number of rotatable bonds is 5. The molecule has 2 nitrogen and oxygen atoms in total. The van der Waals surface area contributed by atoms with E-state index in [9.17, 15) is 12.3 Å². The minimum Gasteiger partial charge on any atom is -0.309 e. The van der Waals surface area contributed by atoms with Crippen LogP contribution >= 0.6 is 0 Å². The molecule has 0 fully saturated rings. The second-order valence-corrected chi connectivity index (χ2v) is 11.6. The van der Waals surface area contributed by atoms with E-state index in [1.165, 1.54) is 28.8 Å². The number of aromatic nitrogens is 2. The van der Waals surface area contributed by atoms with E-state index in [-0.39, 0.29) is 72.4 Å². The molecule has 10 rings (SSSR count). The maximum absolute atomic E-state index is 9.79. The average Bonchev–Trinajstić information content (AvgIpc) is 3.84. The Bertz CT molecular complexity index is 3800. The zero-order valence-corrected chi connectivity index (χ0v) is 26.1. The third-order valence-corrected chi connectivity index (χ3v) is 8.82. The van der Waals surface area contributed by atoms with Gasteiger partial charge in [0.15, 0.2) is 0 Å². The van der Waals surface area contributed by atoms with Crippen LogP contribution in [0.5, 0.6) is 0 Å². The molecule has 10 aromatic rings. The fourth-order valence-electron chi connectivity index (χ4n) is 6.59. The van der Waals surface area contributed by atoms with Crippen molar-refractivity contribution in [3.05, 3.63) is 194 Å². The third kappa shape index (κ3) is 4.50. The van der Waals surface area contributed by atoms with Gasteiger partial charge in [-0.2, -0.15) is 0 Å². The van der Waals surface area contributed by atoms with E-state index in [1.807, 2.05) is 30.3 Å². The molecule has 0 aliphatic rings. The van der Waals surface area contributed by atoms with Crippen LogP contribution in [0, 0.1) is 0 Å². The first kappa shape index (κ1) is 16.2. The molecule has 0 saturated carbocycles. The summed E-state index contributed by atoms with van der Waals surface area (Å²) in [6.07, 6.45) is 0. The Morgan fingerprint density at radius 1 is 0.320 bits per heavy atom. The maximum Gasteiger partial charge on any atom is 0.0651 e. The molecule has 0 saturated heterocycles. The van der Waals surface area contributed by atoms with Crippen LogP contribution in [0.1, 0.15) is 23.3 Å². The van der Waals surface area contributed by atoms with Gasteiger partial charge < -0.3 is 9.13 Å². The van der Waals surface area contributed by atoms with Crippen LogP contribution in [-0.4, -0.2) is 9.13 Å². The first-order chi connectivity index (χ1) is 31.9. The first-order valence-corrected chi connectivity index (χ1v) is 15.8. The Kier molecular flexibility index (Phi) is 3.72. The quantitative estimate of drug-likeness (QED) is 0.175. The van der Waals surface area contributed by atoms with E-state index in [0.29, 0.717) is 11.3 Å². The second-order valence-electron chi connectivity index (χ2n) is 11.6. The van der Waals surface area contributed by atoms with Gasteiger partial charge >= 0.3 is 0 Å². The molecule has 50 heavy (non-hydrogen) atoms. The van der Waals surface area contributed by atoms with Gasteiger partial charge in [-0.15, -0.1) is 0 Å². The Balaban J connectivity index is 1.40. The summed E-state index contributed by atoms with van der Waals surface area (Å²) in [5.41, 5.74) is 0.659. The summed E-state index contributed by atoms with van der Waals surface area (Å²) in [5.74, 6) is 0. The molecule has 8 aromatic carbocycles. The van der Waals surface area contributed by atoms with Crippen LogP contribution in [0.3, 0.4) is 0 Å². The molecule has 0 spiro atoms. The number of nitrogens with zero attached hydrogens (tertiary/aromatic N) is 2. The molecule has 0 atom stereocenters. The molecule has 0 bridgehead atoms. The molecule has 0 radical (unpaired) electrons. The van der Waals surface area contributed by atoms with Crippen LogP contribution in [0.15, 0.2) is 194 Å². The van der Waals surface area contributed by atoms with Gasteiger partial charge in [0.25, 0.3) is 0 Å². The molecule has 2 aromatic heterocycles. The van der Waals surface area contributed by atoms with Crippen molar-refractivity contribution < 1.29 is 23.3 Å². The summed E-state index contributed by atoms with van der Waals surface area (Å²) in [5, 5.41) is -0.520. The van der Waals surface area contributed by atoms with Crippen molar-refractivity contribution in [3.8, 4) is 44.8 Å². The zero-order valence-electron chi connectivity index (χ0n) is 43.1. The van der Waals surface area contributed by atoms with E-state index in [2.05, 4.69) is 0 Å². The van der Waals surface area contributed by atoms with Crippen molar-refractivity contribution >= 4 is 43.6 Å². The summed E-state index contributed by atoms with van der Waals surface area (Å²) in [4.78, 5) is 0. The van der Waals surface area contributed by atoms with Crippen molar-refractivity contribution in [3.63, 3.8) is 0 Å². The molecule has 2 heterocycles. The molecule has 0 aliphatic carbocycles. The van der Waals surface area contributed by atoms with E-state index < -0.39 is 96.3 Å². The van der Waals surface area contributed by atoms with Gasteiger partial charge in [0.1, 0.15) is 0 Å². The van der Waals surface area contributed by atoms with Crippen LogP contribution in [0.4, 0.5) is 0 Å².